The van der Waals surface area contributed by atoms with Crippen molar-refractivity contribution >= 4 is 27.4 Å². The van der Waals surface area contributed by atoms with Crippen LogP contribution in [0.1, 0.15) is 28.2 Å². The van der Waals surface area contributed by atoms with Gasteiger partial charge in [-0.25, -0.2) is 22.7 Å². The summed E-state index contributed by atoms with van der Waals surface area (Å²) in [5.74, 6) is -1.20. The molecule has 33 heavy (non-hydrogen) atoms. The zero-order valence-corrected chi connectivity index (χ0v) is 18.9. The number of Topliss-reactive ketones (excluding diaryl/α,β-unsaturated/α-hetero) is 1. The topological polar surface area (TPSA) is 124 Å². The van der Waals surface area contributed by atoms with Gasteiger partial charge >= 0.3 is 0 Å². The minimum atomic E-state index is -3.74. The Morgan fingerprint density at radius 1 is 1.00 bits per heavy atom. The summed E-state index contributed by atoms with van der Waals surface area (Å²) in [4.78, 5) is 34.8. The van der Waals surface area contributed by atoms with E-state index in [4.69, 9.17) is 0 Å². The van der Waals surface area contributed by atoms with Gasteiger partial charge < -0.3 is 4.90 Å². The third kappa shape index (κ3) is 5.65. The molecule has 0 N–H and O–H groups in total. The number of carbonyl (C=O) groups is 2. The van der Waals surface area contributed by atoms with Crippen LogP contribution in [-0.2, 0) is 21.4 Å². The lowest BCUT2D eigenvalue weighted by Gasteiger charge is -2.24. The van der Waals surface area contributed by atoms with E-state index in [1.54, 1.807) is 36.4 Å². The van der Waals surface area contributed by atoms with Crippen LogP contribution in [0.3, 0.4) is 0 Å². The molecule has 1 aromatic heterocycles. The van der Waals surface area contributed by atoms with Crippen molar-refractivity contribution in [2.75, 3.05) is 19.0 Å². The number of nitrogens with zero attached hydrogens (tertiary/aromatic N) is 5. The lowest BCUT2D eigenvalue weighted by atomic mass is 10.1. The highest BCUT2D eigenvalue weighted by molar-refractivity contribution is 7.89. The highest BCUT2D eigenvalue weighted by Gasteiger charge is 2.24. The highest BCUT2D eigenvalue weighted by Crippen LogP contribution is 2.24. The van der Waals surface area contributed by atoms with Crippen molar-refractivity contribution in [3.05, 3.63) is 83.9 Å². The third-order valence-corrected chi connectivity index (χ3v) is 6.54. The number of hydrogen-bond acceptors (Lipinski definition) is 7. The third-order valence-electron chi connectivity index (χ3n) is 4.73. The van der Waals surface area contributed by atoms with Crippen LogP contribution in [0.5, 0.6) is 0 Å². The summed E-state index contributed by atoms with van der Waals surface area (Å²) in [6, 6.07) is 16.2. The van der Waals surface area contributed by atoms with Crippen LogP contribution in [0.4, 0.5) is 5.69 Å². The molecule has 0 saturated carbocycles. The standard InChI is InChI=1S/C23H21N5O4S/c1-27(2)33(31,32)20-9-4-8-19(13-20)28(16-18-7-3-6-17(12-18)15-24)22(30)14-21(29)23-25-10-5-11-26-23/h3-13H,14,16H2,1-2H3. The lowest BCUT2D eigenvalue weighted by molar-refractivity contribution is -0.117. The Labute approximate surface area is 192 Å². The highest BCUT2D eigenvalue weighted by atomic mass is 32.2. The summed E-state index contributed by atoms with van der Waals surface area (Å²) >= 11 is 0. The molecule has 0 aliphatic rings. The summed E-state index contributed by atoms with van der Waals surface area (Å²) in [7, 11) is -0.916. The van der Waals surface area contributed by atoms with E-state index in [0.29, 0.717) is 16.8 Å². The first-order valence-electron chi connectivity index (χ1n) is 9.84. The smallest absolute Gasteiger partial charge is 0.242 e. The first-order valence-corrected chi connectivity index (χ1v) is 11.3. The molecule has 2 aromatic carbocycles. The number of benzene rings is 2. The fourth-order valence-corrected chi connectivity index (χ4v) is 3.96. The number of sulfonamides is 1. The molecule has 3 rings (SSSR count). The number of nitriles is 1. The van der Waals surface area contributed by atoms with E-state index in [1.807, 2.05) is 6.07 Å². The van der Waals surface area contributed by atoms with Crippen molar-refractivity contribution in [2.24, 2.45) is 0 Å². The quantitative estimate of drug-likeness (QED) is 0.371. The molecule has 0 spiro atoms. The van der Waals surface area contributed by atoms with Crippen LogP contribution in [0.25, 0.3) is 0 Å². The summed E-state index contributed by atoms with van der Waals surface area (Å²) in [6.07, 6.45) is 2.31. The van der Waals surface area contributed by atoms with Crippen LogP contribution in [0.2, 0.25) is 0 Å². The summed E-state index contributed by atoms with van der Waals surface area (Å²) in [5.41, 5.74) is 1.36. The maximum absolute atomic E-state index is 13.2. The molecule has 0 aliphatic heterocycles. The van der Waals surface area contributed by atoms with Crippen molar-refractivity contribution in [1.29, 1.82) is 5.26 Å². The number of ketones is 1. The number of hydrogen-bond donors (Lipinski definition) is 0. The maximum Gasteiger partial charge on any atom is 0.242 e. The van der Waals surface area contributed by atoms with E-state index in [9.17, 15) is 23.3 Å². The number of anilines is 1. The first kappa shape index (κ1) is 23.7. The maximum atomic E-state index is 13.2. The predicted molar refractivity (Wildman–Crippen MR) is 121 cm³/mol. The average molecular weight is 464 g/mol. The van der Waals surface area contributed by atoms with Crippen LogP contribution >= 0.6 is 0 Å². The second-order valence-corrected chi connectivity index (χ2v) is 9.40. The number of aromatic nitrogens is 2. The largest absolute Gasteiger partial charge is 0.308 e. The van der Waals surface area contributed by atoms with Crippen LogP contribution in [0.15, 0.2) is 71.9 Å². The van der Waals surface area contributed by atoms with E-state index in [-0.39, 0.29) is 17.3 Å². The molecule has 0 bridgehead atoms. The van der Waals surface area contributed by atoms with Gasteiger partial charge in [0.1, 0.15) is 0 Å². The Morgan fingerprint density at radius 2 is 1.70 bits per heavy atom. The number of amides is 1. The monoisotopic (exact) mass is 463 g/mol. The molecule has 168 valence electrons. The molecule has 1 heterocycles. The molecule has 0 atom stereocenters. The van der Waals surface area contributed by atoms with Crippen molar-refractivity contribution in [3.63, 3.8) is 0 Å². The van der Waals surface area contributed by atoms with E-state index in [2.05, 4.69) is 9.97 Å². The molecular formula is C23H21N5O4S. The van der Waals surface area contributed by atoms with Crippen molar-refractivity contribution in [3.8, 4) is 6.07 Å². The molecular weight excluding hydrogens is 442 g/mol. The van der Waals surface area contributed by atoms with Gasteiger partial charge in [-0.3, -0.25) is 9.59 Å². The Balaban J connectivity index is 1.99. The van der Waals surface area contributed by atoms with Crippen LogP contribution in [0, 0.1) is 11.3 Å². The van der Waals surface area contributed by atoms with Crippen molar-refractivity contribution in [2.45, 2.75) is 17.9 Å². The number of rotatable bonds is 8. The summed E-state index contributed by atoms with van der Waals surface area (Å²) < 4.78 is 26.3. The minimum absolute atomic E-state index is 0.00583. The summed E-state index contributed by atoms with van der Waals surface area (Å²) in [6.45, 7) is 0.0305. The number of carbonyl (C=O) groups excluding carboxylic acids is 2. The fourth-order valence-electron chi connectivity index (χ4n) is 3.02. The van der Waals surface area contributed by atoms with Gasteiger partial charge in [0.2, 0.25) is 21.7 Å². The minimum Gasteiger partial charge on any atom is -0.308 e. The van der Waals surface area contributed by atoms with Gasteiger partial charge in [0.25, 0.3) is 0 Å². The molecule has 10 heteroatoms. The molecule has 1 amide bonds. The van der Waals surface area contributed by atoms with Gasteiger partial charge in [0, 0.05) is 32.2 Å². The van der Waals surface area contributed by atoms with Gasteiger partial charge in [-0.1, -0.05) is 18.2 Å². The second-order valence-electron chi connectivity index (χ2n) is 7.25. The van der Waals surface area contributed by atoms with Gasteiger partial charge in [0.05, 0.1) is 29.5 Å². The van der Waals surface area contributed by atoms with E-state index >= 15 is 0 Å². The molecule has 3 aromatic rings. The van der Waals surface area contributed by atoms with E-state index in [0.717, 1.165) is 4.31 Å². The van der Waals surface area contributed by atoms with Crippen molar-refractivity contribution in [1.82, 2.24) is 14.3 Å². The van der Waals surface area contributed by atoms with Crippen LogP contribution in [-0.4, -0.2) is 48.5 Å². The van der Waals surface area contributed by atoms with E-state index < -0.39 is 28.1 Å². The normalized spacial score (nSPS) is 11.1. The Bertz CT molecular complexity index is 1320. The van der Waals surface area contributed by atoms with Gasteiger partial charge in [-0.2, -0.15) is 5.26 Å². The second kappa shape index (κ2) is 10.1. The average Bonchev–Trinajstić information content (AvgIpc) is 2.83. The Kier molecular flexibility index (Phi) is 7.27. The molecule has 0 unspecified atom stereocenters. The predicted octanol–water partition coefficient (Wildman–Crippen LogP) is 2.40. The Hall–Kier alpha value is -3.94. The molecule has 0 saturated heterocycles. The van der Waals surface area contributed by atoms with Gasteiger partial charge in [0.15, 0.2) is 5.82 Å². The van der Waals surface area contributed by atoms with E-state index in [1.165, 1.54) is 49.6 Å². The molecule has 0 radical (unpaired) electrons. The Morgan fingerprint density at radius 3 is 2.36 bits per heavy atom. The zero-order valence-electron chi connectivity index (χ0n) is 18.0. The first-order chi connectivity index (χ1) is 15.7. The molecule has 9 nitrogen and oxygen atoms in total. The SMILES string of the molecule is CN(C)S(=O)(=O)c1cccc(N(Cc2cccc(C#N)c2)C(=O)CC(=O)c2ncccn2)c1. The van der Waals surface area contributed by atoms with Crippen LogP contribution < -0.4 is 4.90 Å². The molecule has 0 fully saturated rings. The summed E-state index contributed by atoms with van der Waals surface area (Å²) in [5, 5.41) is 9.18. The zero-order chi connectivity index (χ0) is 24.0. The molecule has 0 aliphatic carbocycles. The van der Waals surface area contributed by atoms with Crippen molar-refractivity contribution < 1.29 is 18.0 Å². The van der Waals surface area contributed by atoms with Gasteiger partial charge in [-0.05, 0) is 42.0 Å². The lowest BCUT2D eigenvalue weighted by Crippen LogP contribution is -2.32. The van der Waals surface area contributed by atoms with Gasteiger partial charge in [-0.15, -0.1) is 0 Å². The fraction of sp³-hybridized carbons (Fsp3) is 0.174.